The summed E-state index contributed by atoms with van der Waals surface area (Å²) >= 11 is 0. The molecule has 0 saturated carbocycles. The van der Waals surface area contributed by atoms with E-state index in [0.29, 0.717) is 0 Å². The Morgan fingerprint density at radius 3 is 2.71 bits per heavy atom. The van der Waals surface area contributed by atoms with Crippen LogP contribution in [-0.4, -0.2) is 35.4 Å². The molecule has 7 nitrogen and oxygen atoms in total. The highest BCUT2D eigenvalue weighted by Gasteiger charge is 2.30. The minimum absolute atomic E-state index is 0.0384. The third kappa shape index (κ3) is 2.40. The van der Waals surface area contributed by atoms with Crippen LogP contribution in [0, 0.1) is 11.3 Å². The van der Waals surface area contributed by atoms with Gasteiger partial charge in [0.25, 0.3) is 10.0 Å². The number of nitrogen functional groups attached to an aromatic ring is 1. The molecule has 0 fully saturated rings. The Morgan fingerprint density at radius 1 is 1.71 bits per heavy atom. The first-order chi connectivity index (χ1) is 7.82. The van der Waals surface area contributed by atoms with E-state index < -0.39 is 16.1 Å². The van der Waals surface area contributed by atoms with Gasteiger partial charge in [0.05, 0.1) is 18.8 Å². The van der Waals surface area contributed by atoms with E-state index in [1.165, 1.54) is 17.9 Å². The summed E-state index contributed by atoms with van der Waals surface area (Å²) in [7, 11) is -0.746. The van der Waals surface area contributed by atoms with Crippen LogP contribution in [0.5, 0.6) is 0 Å². The van der Waals surface area contributed by atoms with Gasteiger partial charge in [0.1, 0.15) is 0 Å². The lowest BCUT2D eigenvalue weighted by Crippen LogP contribution is -2.36. The molecule has 0 spiro atoms. The summed E-state index contributed by atoms with van der Waals surface area (Å²) in [4.78, 5) is 3.74. The van der Waals surface area contributed by atoms with Gasteiger partial charge in [-0.3, -0.25) is 0 Å². The van der Waals surface area contributed by atoms with Crippen LogP contribution in [0.15, 0.2) is 11.4 Å². The third-order valence-electron chi connectivity index (χ3n) is 2.54. The van der Waals surface area contributed by atoms with Gasteiger partial charge in [-0.05, 0) is 6.92 Å². The predicted molar refractivity (Wildman–Crippen MR) is 62.3 cm³/mol. The SMILES string of the molecule is CC(CC#N)N(C)S(=O)(=O)c1c(N)ncn1C. The van der Waals surface area contributed by atoms with Gasteiger partial charge in [0.15, 0.2) is 10.8 Å². The molecule has 1 atom stereocenters. The Morgan fingerprint density at radius 2 is 2.29 bits per heavy atom. The van der Waals surface area contributed by atoms with Crippen LogP contribution in [0.2, 0.25) is 0 Å². The van der Waals surface area contributed by atoms with Crippen molar-refractivity contribution < 1.29 is 8.42 Å². The molecule has 0 aromatic carbocycles. The quantitative estimate of drug-likeness (QED) is 0.812. The molecule has 1 aromatic rings. The first kappa shape index (κ1) is 13.5. The number of hydrogen-bond donors (Lipinski definition) is 1. The van der Waals surface area contributed by atoms with Crippen molar-refractivity contribution in [2.75, 3.05) is 12.8 Å². The highest BCUT2D eigenvalue weighted by molar-refractivity contribution is 7.89. The van der Waals surface area contributed by atoms with E-state index in [1.54, 1.807) is 14.0 Å². The summed E-state index contributed by atoms with van der Waals surface area (Å²) in [5, 5.41) is 8.53. The van der Waals surface area contributed by atoms with Gasteiger partial charge in [-0.2, -0.15) is 9.57 Å². The van der Waals surface area contributed by atoms with Gasteiger partial charge in [0.2, 0.25) is 0 Å². The van der Waals surface area contributed by atoms with Crippen molar-refractivity contribution in [2.45, 2.75) is 24.4 Å². The zero-order valence-electron chi connectivity index (χ0n) is 9.95. The van der Waals surface area contributed by atoms with Crippen molar-refractivity contribution in [1.82, 2.24) is 13.9 Å². The third-order valence-corrected chi connectivity index (χ3v) is 4.64. The second kappa shape index (κ2) is 4.73. The van der Waals surface area contributed by atoms with Crippen LogP contribution >= 0.6 is 0 Å². The zero-order valence-corrected chi connectivity index (χ0v) is 10.8. The van der Waals surface area contributed by atoms with E-state index in [2.05, 4.69) is 4.98 Å². The molecular formula is C9H15N5O2S. The molecule has 0 radical (unpaired) electrons. The van der Waals surface area contributed by atoms with E-state index in [0.717, 1.165) is 4.31 Å². The Balaban J connectivity index is 3.17. The number of imidazole rings is 1. The fourth-order valence-electron chi connectivity index (χ4n) is 1.39. The van der Waals surface area contributed by atoms with Crippen LogP contribution in [-0.2, 0) is 17.1 Å². The molecular weight excluding hydrogens is 242 g/mol. The van der Waals surface area contributed by atoms with Gasteiger partial charge < -0.3 is 10.3 Å². The Labute approximate surface area is 101 Å². The van der Waals surface area contributed by atoms with Crippen LogP contribution in [0.3, 0.4) is 0 Å². The van der Waals surface area contributed by atoms with Crippen molar-refractivity contribution in [3.05, 3.63) is 6.33 Å². The highest BCUT2D eigenvalue weighted by atomic mass is 32.2. The highest BCUT2D eigenvalue weighted by Crippen LogP contribution is 2.21. The van der Waals surface area contributed by atoms with E-state index in [9.17, 15) is 8.42 Å². The summed E-state index contributed by atoms with van der Waals surface area (Å²) in [6.07, 6.45) is 1.46. The minimum atomic E-state index is -3.72. The lowest BCUT2D eigenvalue weighted by molar-refractivity contribution is 0.390. The second-order valence-corrected chi connectivity index (χ2v) is 5.69. The Bertz CT molecular complexity index is 523. The summed E-state index contributed by atoms with van der Waals surface area (Å²) in [5.41, 5.74) is 5.54. The number of anilines is 1. The largest absolute Gasteiger partial charge is 0.381 e. The van der Waals surface area contributed by atoms with Gasteiger partial charge >= 0.3 is 0 Å². The molecule has 1 heterocycles. The number of nitrogens with two attached hydrogens (primary N) is 1. The van der Waals surface area contributed by atoms with Crippen molar-refractivity contribution >= 4 is 15.8 Å². The van der Waals surface area contributed by atoms with Crippen LogP contribution in [0.4, 0.5) is 5.82 Å². The average molecular weight is 257 g/mol. The number of aromatic nitrogens is 2. The molecule has 8 heteroatoms. The Kier molecular flexibility index (Phi) is 3.75. The number of sulfonamides is 1. The van der Waals surface area contributed by atoms with Crippen LogP contribution in [0.25, 0.3) is 0 Å². The maximum Gasteiger partial charge on any atom is 0.262 e. The van der Waals surface area contributed by atoms with Crippen LogP contribution in [0.1, 0.15) is 13.3 Å². The molecule has 0 saturated heterocycles. The molecule has 0 aliphatic rings. The van der Waals surface area contributed by atoms with Crippen molar-refractivity contribution in [1.29, 1.82) is 5.26 Å². The number of hydrogen-bond acceptors (Lipinski definition) is 5. The topological polar surface area (TPSA) is 105 Å². The number of rotatable bonds is 4. The van der Waals surface area contributed by atoms with Crippen molar-refractivity contribution in [3.8, 4) is 6.07 Å². The summed E-state index contributed by atoms with van der Waals surface area (Å²) in [6, 6.07) is 1.52. The number of nitriles is 1. The van der Waals surface area contributed by atoms with Crippen molar-refractivity contribution in [3.63, 3.8) is 0 Å². The lowest BCUT2D eigenvalue weighted by atomic mass is 10.3. The fourth-order valence-corrected chi connectivity index (χ4v) is 2.93. The summed E-state index contributed by atoms with van der Waals surface area (Å²) in [5.74, 6) is -0.0384. The van der Waals surface area contributed by atoms with Gasteiger partial charge in [0, 0.05) is 20.1 Å². The molecule has 0 amide bonds. The fraction of sp³-hybridized carbons (Fsp3) is 0.556. The molecule has 0 aliphatic heterocycles. The molecule has 2 N–H and O–H groups in total. The van der Waals surface area contributed by atoms with Gasteiger partial charge in [-0.15, -0.1) is 0 Å². The average Bonchev–Trinajstić information content (AvgIpc) is 2.58. The van der Waals surface area contributed by atoms with Gasteiger partial charge in [-0.1, -0.05) is 0 Å². The van der Waals surface area contributed by atoms with E-state index in [4.69, 9.17) is 11.0 Å². The Hall–Kier alpha value is -1.59. The van der Waals surface area contributed by atoms with Gasteiger partial charge in [-0.25, -0.2) is 13.4 Å². The number of nitrogens with zero attached hydrogens (tertiary/aromatic N) is 4. The normalized spacial score (nSPS) is 13.6. The summed E-state index contributed by atoms with van der Waals surface area (Å²) in [6.45, 7) is 1.66. The molecule has 1 rings (SSSR count). The van der Waals surface area contributed by atoms with E-state index in [1.807, 2.05) is 6.07 Å². The zero-order chi connectivity index (χ0) is 13.2. The maximum absolute atomic E-state index is 12.2. The van der Waals surface area contributed by atoms with Crippen LogP contribution < -0.4 is 5.73 Å². The van der Waals surface area contributed by atoms with E-state index >= 15 is 0 Å². The van der Waals surface area contributed by atoms with E-state index in [-0.39, 0.29) is 17.3 Å². The molecule has 17 heavy (non-hydrogen) atoms. The second-order valence-electron chi connectivity index (χ2n) is 3.78. The standard InChI is InChI=1S/C9H15N5O2S/c1-7(4-5-10)14(3)17(15,16)9-8(11)12-6-13(9)2/h6-7H,4,11H2,1-3H3. The predicted octanol–water partition coefficient (Wildman–Crippen LogP) is -0.0750. The lowest BCUT2D eigenvalue weighted by Gasteiger charge is -2.22. The molecule has 94 valence electrons. The smallest absolute Gasteiger partial charge is 0.262 e. The molecule has 1 unspecified atom stereocenters. The molecule has 1 aromatic heterocycles. The first-order valence-corrected chi connectivity index (χ1v) is 6.38. The minimum Gasteiger partial charge on any atom is -0.381 e. The maximum atomic E-state index is 12.2. The molecule has 0 aliphatic carbocycles. The summed E-state index contributed by atoms with van der Waals surface area (Å²) < 4.78 is 26.9. The van der Waals surface area contributed by atoms with Crippen molar-refractivity contribution in [2.24, 2.45) is 7.05 Å². The number of aryl methyl sites for hydroxylation is 1. The molecule has 0 bridgehead atoms. The first-order valence-electron chi connectivity index (χ1n) is 4.94. The monoisotopic (exact) mass is 257 g/mol.